The van der Waals surface area contributed by atoms with E-state index in [-0.39, 0.29) is 42.3 Å². The molecule has 3 aromatic carbocycles. The lowest BCUT2D eigenvalue weighted by molar-refractivity contribution is -0.128. The van der Waals surface area contributed by atoms with Crippen molar-refractivity contribution in [2.24, 2.45) is 18.9 Å². The summed E-state index contributed by atoms with van der Waals surface area (Å²) in [5.74, 6) is 0.590. The molecule has 3 amide bonds. The van der Waals surface area contributed by atoms with Gasteiger partial charge in [0.2, 0.25) is 15.9 Å². The second kappa shape index (κ2) is 16.3. The molecule has 1 aliphatic heterocycles. The Labute approximate surface area is 301 Å². The zero-order valence-corrected chi connectivity index (χ0v) is 31.1. The number of amides is 3. The summed E-state index contributed by atoms with van der Waals surface area (Å²) in [5.41, 5.74) is 2.69. The lowest BCUT2D eigenvalue weighted by Crippen LogP contribution is -2.57. The predicted octanol–water partition coefficient (Wildman–Crippen LogP) is 4.28. The van der Waals surface area contributed by atoms with Crippen molar-refractivity contribution >= 4 is 33.0 Å². The number of nitrogens with one attached hydrogen (secondary N) is 1. The molecule has 51 heavy (non-hydrogen) atoms. The van der Waals surface area contributed by atoms with Crippen LogP contribution in [0, 0.1) is 11.8 Å². The third-order valence-electron chi connectivity index (χ3n) is 9.32. The van der Waals surface area contributed by atoms with E-state index in [2.05, 4.69) is 5.32 Å². The number of fused-ring (bicyclic) bond motifs is 1. The number of aliphatic hydroxyl groups is 1. The molecule has 12 nitrogen and oxygen atoms in total. The van der Waals surface area contributed by atoms with Gasteiger partial charge < -0.3 is 29.5 Å². The van der Waals surface area contributed by atoms with Crippen LogP contribution >= 0.6 is 0 Å². The van der Waals surface area contributed by atoms with Crippen molar-refractivity contribution in [3.05, 3.63) is 90.3 Å². The Morgan fingerprint density at radius 2 is 1.63 bits per heavy atom. The summed E-state index contributed by atoms with van der Waals surface area (Å²) in [6.45, 7) is 8.60. The molecule has 0 radical (unpaired) electrons. The number of urea groups is 1. The van der Waals surface area contributed by atoms with Gasteiger partial charge in [-0.05, 0) is 60.2 Å². The third kappa shape index (κ3) is 8.71. The van der Waals surface area contributed by atoms with Crippen LogP contribution in [0.15, 0.2) is 83.8 Å². The summed E-state index contributed by atoms with van der Waals surface area (Å²) >= 11 is 0. The Morgan fingerprint density at radius 3 is 2.25 bits per heavy atom. The molecular formula is C38H50N6O6S. The quantitative estimate of drug-likeness (QED) is 0.177. The Kier molecular flexibility index (Phi) is 12.0. The molecule has 0 saturated carbocycles. The molecule has 0 aliphatic carbocycles. The number of ether oxygens (including phenoxy) is 1. The standard InChI is InChI=1S/C38H50N6O6S/c1-26(2)23-43(51(48,49)30-18-16-29(50-6)17-19-30)24-34(45)32(22-28-12-8-7-9-13-28)40-37(46)36(27(3)4)44-21-20-42(38(44)47)25-35-39-31-14-10-11-15-33(31)41(35)5/h7-19,26-27,32,34,36,45H,20-25H2,1-6H3,(H,40,46)/t32-,34+,36-/m0/s1. The zero-order valence-electron chi connectivity index (χ0n) is 30.3. The molecule has 0 unspecified atom stereocenters. The highest BCUT2D eigenvalue weighted by Crippen LogP contribution is 2.24. The fourth-order valence-corrected chi connectivity index (χ4v) is 8.27. The van der Waals surface area contributed by atoms with Crippen LogP contribution in [0.4, 0.5) is 4.79 Å². The predicted molar refractivity (Wildman–Crippen MR) is 197 cm³/mol. The minimum atomic E-state index is -4.01. The van der Waals surface area contributed by atoms with E-state index >= 15 is 0 Å². The number of methoxy groups -OCH3 is 1. The monoisotopic (exact) mass is 718 g/mol. The van der Waals surface area contributed by atoms with Gasteiger partial charge in [0.05, 0.1) is 41.7 Å². The number of imidazole rings is 1. The molecule has 13 heteroatoms. The maximum Gasteiger partial charge on any atom is 0.321 e. The first-order valence-electron chi connectivity index (χ1n) is 17.4. The first-order valence-corrected chi connectivity index (χ1v) is 18.9. The van der Waals surface area contributed by atoms with Gasteiger partial charge in [-0.3, -0.25) is 4.79 Å². The second-order valence-electron chi connectivity index (χ2n) is 13.9. The van der Waals surface area contributed by atoms with Crippen LogP contribution in [0.3, 0.4) is 0 Å². The van der Waals surface area contributed by atoms with Crippen LogP contribution in [-0.4, -0.2) is 101 Å². The number of sulfonamides is 1. The number of hydrogen-bond acceptors (Lipinski definition) is 7. The summed E-state index contributed by atoms with van der Waals surface area (Å²) in [4.78, 5) is 36.1. The van der Waals surface area contributed by atoms with Gasteiger partial charge in [-0.25, -0.2) is 18.2 Å². The smallest absolute Gasteiger partial charge is 0.321 e. The highest BCUT2D eigenvalue weighted by molar-refractivity contribution is 7.89. The van der Waals surface area contributed by atoms with Gasteiger partial charge in [-0.2, -0.15) is 4.31 Å². The van der Waals surface area contributed by atoms with Crippen molar-refractivity contribution < 1.29 is 27.9 Å². The average molecular weight is 719 g/mol. The van der Waals surface area contributed by atoms with Crippen LogP contribution in [-0.2, 0) is 34.8 Å². The van der Waals surface area contributed by atoms with Crippen molar-refractivity contribution in [2.45, 2.75) is 63.7 Å². The minimum absolute atomic E-state index is 0.0361. The Balaban J connectivity index is 1.36. The largest absolute Gasteiger partial charge is 0.497 e. The number of para-hydroxylation sites is 2. The molecule has 3 atom stereocenters. The normalized spacial score (nSPS) is 15.6. The van der Waals surface area contributed by atoms with Gasteiger partial charge in [0.25, 0.3) is 0 Å². The summed E-state index contributed by atoms with van der Waals surface area (Å²) in [5, 5.41) is 14.8. The number of nitrogens with zero attached hydrogens (tertiary/aromatic N) is 5. The highest BCUT2D eigenvalue weighted by atomic mass is 32.2. The number of rotatable bonds is 16. The first-order chi connectivity index (χ1) is 24.3. The van der Waals surface area contributed by atoms with Crippen molar-refractivity contribution in [1.82, 2.24) is 29.0 Å². The lowest BCUT2D eigenvalue weighted by atomic mass is 9.97. The van der Waals surface area contributed by atoms with E-state index < -0.39 is 34.1 Å². The van der Waals surface area contributed by atoms with E-state index in [9.17, 15) is 23.1 Å². The number of benzene rings is 3. The number of hydrogen-bond donors (Lipinski definition) is 2. The third-order valence-corrected chi connectivity index (χ3v) is 11.2. The van der Waals surface area contributed by atoms with E-state index in [0.717, 1.165) is 22.4 Å². The van der Waals surface area contributed by atoms with Crippen molar-refractivity contribution in [1.29, 1.82) is 0 Å². The molecule has 2 N–H and O–H groups in total. The Bertz CT molecular complexity index is 1900. The Hall–Kier alpha value is -4.46. The molecule has 1 aliphatic rings. The lowest BCUT2D eigenvalue weighted by Gasteiger charge is -2.34. The summed E-state index contributed by atoms with van der Waals surface area (Å²) in [7, 11) is -0.569. The van der Waals surface area contributed by atoms with Crippen LogP contribution < -0.4 is 10.1 Å². The van der Waals surface area contributed by atoms with E-state index in [4.69, 9.17) is 9.72 Å². The summed E-state index contributed by atoms with van der Waals surface area (Å²) in [6, 6.07) is 21.4. The number of aliphatic hydroxyl groups excluding tert-OH is 1. The van der Waals surface area contributed by atoms with E-state index in [1.807, 2.05) is 93.9 Å². The van der Waals surface area contributed by atoms with E-state index in [0.29, 0.717) is 25.4 Å². The number of carbonyl (C=O) groups is 2. The molecule has 1 aromatic heterocycles. The SMILES string of the molecule is COc1ccc(S(=O)(=O)N(CC(C)C)C[C@@H](O)[C@H](Cc2ccccc2)NC(=O)[C@H](C(C)C)N2CCN(Cc3nc4ccccc4n3C)C2=O)cc1. The maximum absolute atomic E-state index is 14.2. The van der Waals surface area contributed by atoms with Crippen molar-refractivity contribution in [3.63, 3.8) is 0 Å². The van der Waals surface area contributed by atoms with Gasteiger partial charge in [-0.1, -0.05) is 70.2 Å². The fourth-order valence-electron chi connectivity index (χ4n) is 6.65. The molecular weight excluding hydrogens is 669 g/mol. The average Bonchev–Trinajstić information content (AvgIpc) is 3.62. The number of carbonyl (C=O) groups excluding carboxylic acids is 2. The van der Waals surface area contributed by atoms with E-state index in [1.165, 1.54) is 23.5 Å². The number of aromatic nitrogens is 2. The molecule has 1 saturated heterocycles. The van der Waals surface area contributed by atoms with Crippen LogP contribution in [0.25, 0.3) is 11.0 Å². The first kappa shape index (κ1) is 37.8. The summed E-state index contributed by atoms with van der Waals surface area (Å²) in [6.07, 6.45) is -1.01. The maximum atomic E-state index is 14.2. The topological polar surface area (TPSA) is 137 Å². The molecule has 0 spiro atoms. The molecule has 1 fully saturated rings. The van der Waals surface area contributed by atoms with Crippen LogP contribution in [0.1, 0.15) is 39.1 Å². The molecule has 274 valence electrons. The number of aryl methyl sites for hydroxylation is 1. The summed E-state index contributed by atoms with van der Waals surface area (Å²) < 4.78 is 36.2. The zero-order chi connectivity index (χ0) is 36.9. The molecule has 4 aromatic rings. The molecule has 0 bridgehead atoms. The van der Waals surface area contributed by atoms with Crippen LogP contribution in [0.5, 0.6) is 5.75 Å². The minimum Gasteiger partial charge on any atom is -0.497 e. The molecule has 5 rings (SSSR count). The van der Waals surface area contributed by atoms with Crippen molar-refractivity contribution in [3.8, 4) is 5.75 Å². The molecule has 2 heterocycles. The van der Waals surface area contributed by atoms with Gasteiger partial charge >= 0.3 is 6.03 Å². The highest BCUT2D eigenvalue weighted by Gasteiger charge is 2.41. The van der Waals surface area contributed by atoms with Gasteiger partial charge in [-0.15, -0.1) is 0 Å². The van der Waals surface area contributed by atoms with Crippen molar-refractivity contribution in [2.75, 3.05) is 33.3 Å². The second-order valence-corrected chi connectivity index (χ2v) is 15.9. The van der Waals surface area contributed by atoms with Crippen LogP contribution in [0.2, 0.25) is 0 Å². The van der Waals surface area contributed by atoms with Gasteiger partial charge in [0.1, 0.15) is 17.6 Å². The van der Waals surface area contributed by atoms with E-state index in [1.54, 1.807) is 21.9 Å². The van der Waals surface area contributed by atoms with Gasteiger partial charge in [0, 0.05) is 33.2 Å². The van der Waals surface area contributed by atoms with Gasteiger partial charge in [0.15, 0.2) is 0 Å². The Morgan fingerprint density at radius 1 is 0.961 bits per heavy atom. The fraction of sp³-hybridized carbons (Fsp3) is 0.447.